The number of rotatable bonds is 6. The van der Waals surface area contributed by atoms with E-state index in [0.717, 1.165) is 40.8 Å². The first kappa shape index (κ1) is 18.1. The van der Waals surface area contributed by atoms with Crippen molar-refractivity contribution in [2.45, 2.75) is 19.6 Å². The molecule has 2 nitrogen and oxygen atoms in total. The van der Waals surface area contributed by atoms with E-state index in [-0.39, 0.29) is 0 Å². The van der Waals surface area contributed by atoms with Gasteiger partial charge in [0, 0.05) is 46.8 Å². The lowest BCUT2D eigenvalue weighted by atomic mass is 10.1. The van der Waals surface area contributed by atoms with Gasteiger partial charge in [0.2, 0.25) is 0 Å². The maximum Gasteiger partial charge on any atom is 0.0491 e. The Morgan fingerprint density at radius 3 is 2.00 bits per heavy atom. The molecule has 0 amide bonds. The molecule has 0 atom stereocenters. The van der Waals surface area contributed by atoms with Crippen LogP contribution in [0.5, 0.6) is 0 Å². The Labute approximate surface area is 169 Å². The molecule has 0 radical (unpaired) electrons. The van der Waals surface area contributed by atoms with E-state index in [9.17, 15) is 0 Å². The minimum absolute atomic E-state index is 0.740. The minimum Gasteiger partial charge on any atom is -0.343 e. The van der Waals surface area contributed by atoms with Crippen LogP contribution in [0.3, 0.4) is 0 Å². The van der Waals surface area contributed by atoms with E-state index >= 15 is 0 Å². The second kappa shape index (κ2) is 8.18. The van der Waals surface area contributed by atoms with Crippen LogP contribution in [-0.4, -0.2) is 4.57 Å². The molecule has 0 spiro atoms. The summed E-state index contributed by atoms with van der Waals surface area (Å²) in [6.45, 7) is 2.27. The number of fused-ring (bicyclic) bond motifs is 1. The van der Waals surface area contributed by atoms with E-state index in [1.54, 1.807) is 0 Å². The van der Waals surface area contributed by atoms with Crippen LogP contribution >= 0.6 is 23.2 Å². The predicted octanol–water partition coefficient (Wildman–Crippen LogP) is 6.29. The van der Waals surface area contributed by atoms with Crippen molar-refractivity contribution in [2.24, 2.45) is 0 Å². The van der Waals surface area contributed by atoms with Gasteiger partial charge in [-0.3, -0.25) is 0 Å². The second-order valence-corrected chi connectivity index (χ2v) is 7.40. The molecule has 27 heavy (non-hydrogen) atoms. The van der Waals surface area contributed by atoms with Gasteiger partial charge in [0.25, 0.3) is 0 Å². The van der Waals surface area contributed by atoms with Crippen molar-refractivity contribution in [3.8, 4) is 0 Å². The molecule has 0 aliphatic rings. The molecule has 0 aliphatic carbocycles. The average Bonchev–Trinajstić information content (AvgIpc) is 3.03. The predicted molar refractivity (Wildman–Crippen MR) is 114 cm³/mol. The normalized spacial score (nSPS) is 11.2. The first-order chi connectivity index (χ1) is 13.2. The maximum absolute atomic E-state index is 6.36. The second-order valence-electron chi connectivity index (χ2n) is 6.59. The highest BCUT2D eigenvalue weighted by atomic mass is 35.5. The molecule has 3 aromatic carbocycles. The molecule has 4 aromatic rings. The Morgan fingerprint density at radius 1 is 0.667 bits per heavy atom. The zero-order chi connectivity index (χ0) is 18.6. The molecule has 0 unspecified atom stereocenters. The highest BCUT2D eigenvalue weighted by Crippen LogP contribution is 2.24. The van der Waals surface area contributed by atoms with Crippen LogP contribution in [0.2, 0.25) is 10.0 Å². The zero-order valence-electron chi connectivity index (χ0n) is 14.8. The van der Waals surface area contributed by atoms with Gasteiger partial charge in [0.1, 0.15) is 0 Å². The van der Waals surface area contributed by atoms with Crippen molar-refractivity contribution in [1.82, 2.24) is 9.88 Å². The molecule has 1 N–H and O–H groups in total. The number of para-hydroxylation sites is 1. The van der Waals surface area contributed by atoms with Crippen molar-refractivity contribution in [2.75, 3.05) is 0 Å². The monoisotopic (exact) mass is 394 g/mol. The standard InChI is InChI=1S/C23H20Cl2N2/c24-21-10-4-1-7-17(21)13-26-14-19-16-27(23-12-6-3-9-20(19)23)15-18-8-2-5-11-22(18)25/h1-12,16,26H,13-15H2. The topological polar surface area (TPSA) is 17.0 Å². The highest BCUT2D eigenvalue weighted by molar-refractivity contribution is 6.31. The summed E-state index contributed by atoms with van der Waals surface area (Å²) in [5, 5.41) is 6.37. The summed E-state index contributed by atoms with van der Waals surface area (Å²) in [5.41, 5.74) is 4.71. The first-order valence-corrected chi connectivity index (χ1v) is 9.72. The molecule has 0 fully saturated rings. The number of nitrogens with one attached hydrogen (secondary N) is 1. The van der Waals surface area contributed by atoms with Crippen molar-refractivity contribution in [3.05, 3.63) is 106 Å². The van der Waals surface area contributed by atoms with Gasteiger partial charge in [0.05, 0.1) is 0 Å². The van der Waals surface area contributed by atoms with E-state index in [1.165, 1.54) is 16.5 Å². The Balaban J connectivity index is 1.56. The molecule has 0 saturated heterocycles. The van der Waals surface area contributed by atoms with Gasteiger partial charge in [-0.05, 0) is 34.9 Å². The molecule has 0 bridgehead atoms. The third kappa shape index (κ3) is 4.03. The Bertz CT molecular complexity index is 1070. The Hall–Kier alpha value is -2.26. The number of halogens is 2. The van der Waals surface area contributed by atoms with Gasteiger partial charge in [-0.2, -0.15) is 0 Å². The SMILES string of the molecule is Clc1ccccc1CNCc1cn(Cc2ccccc2Cl)c2ccccc12. The Morgan fingerprint density at radius 2 is 1.26 bits per heavy atom. The number of hydrogen-bond donors (Lipinski definition) is 1. The molecule has 4 heteroatoms. The van der Waals surface area contributed by atoms with Crippen LogP contribution in [0, 0.1) is 0 Å². The maximum atomic E-state index is 6.36. The van der Waals surface area contributed by atoms with Gasteiger partial charge < -0.3 is 9.88 Å². The Kier molecular flexibility index (Phi) is 5.49. The quantitative estimate of drug-likeness (QED) is 0.406. The first-order valence-electron chi connectivity index (χ1n) is 8.96. The smallest absolute Gasteiger partial charge is 0.0491 e. The lowest BCUT2D eigenvalue weighted by Crippen LogP contribution is -2.12. The van der Waals surface area contributed by atoms with Crippen molar-refractivity contribution in [3.63, 3.8) is 0 Å². The summed E-state index contributed by atoms with van der Waals surface area (Å²) in [7, 11) is 0. The van der Waals surface area contributed by atoms with Crippen LogP contribution in [-0.2, 0) is 19.6 Å². The zero-order valence-corrected chi connectivity index (χ0v) is 16.3. The largest absolute Gasteiger partial charge is 0.343 e. The third-order valence-corrected chi connectivity index (χ3v) is 5.50. The molecular formula is C23H20Cl2N2. The fourth-order valence-corrected chi connectivity index (χ4v) is 3.78. The van der Waals surface area contributed by atoms with Gasteiger partial charge in [0.15, 0.2) is 0 Å². The van der Waals surface area contributed by atoms with Gasteiger partial charge in [-0.25, -0.2) is 0 Å². The van der Waals surface area contributed by atoms with E-state index in [0.29, 0.717) is 0 Å². The fraction of sp³-hybridized carbons (Fsp3) is 0.130. The van der Waals surface area contributed by atoms with E-state index in [1.807, 2.05) is 36.4 Å². The molecule has 1 heterocycles. The average molecular weight is 395 g/mol. The van der Waals surface area contributed by atoms with Crippen LogP contribution < -0.4 is 5.32 Å². The molecule has 0 saturated carbocycles. The van der Waals surface area contributed by atoms with Crippen molar-refractivity contribution in [1.29, 1.82) is 0 Å². The lowest BCUT2D eigenvalue weighted by Gasteiger charge is -2.07. The van der Waals surface area contributed by atoms with Crippen LogP contribution in [0.4, 0.5) is 0 Å². The number of nitrogens with zero attached hydrogens (tertiary/aromatic N) is 1. The van der Waals surface area contributed by atoms with Crippen molar-refractivity contribution < 1.29 is 0 Å². The number of benzene rings is 3. The minimum atomic E-state index is 0.740. The van der Waals surface area contributed by atoms with E-state index in [2.05, 4.69) is 52.5 Å². The molecule has 4 rings (SSSR count). The molecule has 0 aliphatic heterocycles. The fourth-order valence-electron chi connectivity index (χ4n) is 3.38. The summed E-state index contributed by atoms with van der Waals surface area (Å²) in [4.78, 5) is 0. The van der Waals surface area contributed by atoms with Crippen LogP contribution in [0.15, 0.2) is 79.0 Å². The number of hydrogen-bond acceptors (Lipinski definition) is 1. The lowest BCUT2D eigenvalue weighted by molar-refractivity contribution is 0.692. The molecule has 1 aromatic heterocycles. The van der Waals surface area contributed by atoms with Gasteiger partial charge in [-0.15, -0.1) is 0 Å². The number of aromatic nitrogens is 1. The third-order valence-electron chi connectivity index (χ3n) is 4.76. The highest BCUT2D eigenvalue weighted by Gasteiger charge is 2.10. The van der Waals surface area contributed by atoms with E-state index < -0.39 is 0 Å². The van der Waals surface area contributed by atoms with Crippen molar-refractivity contribution >= 4 is 34.1 Å². The summed E-state index contributed by atoms with van der Waals surface area (Å²) in [6.07, 6.45) is 2.22. The summed E-state index contributed by atoms with van der Waals surface area (Å²) in [5.74, 6) is 0. The van der Waals surface area contributed by atoms with Gasteiger partial charge >= 0.3 is 0 Å². The summed E-state index contributed by atoms with van der Waals surface area (Å²) in [6, 6.07) is 24.4. The van der Waals surface area contributed by atoms with Crippen LogP contribution in [0.1, 0.15) is 16.7 Å². The van der Waals surface area contributed by atoms with Crippen LogP contribution in [0.25, 0.3) is 10.9 Å². The summed E-state index contributed by atoms with van der Waals surface area (Å²) >= 11 is 12.6. The molecule has 136 valence electrons. The van der Waals surface area contributed by atoms with E-state index in [4.69, 9.17) is 23.2 Å². The van der Waals surface area contributed by atoms with Gasteiger partial charge in [-0.1, -0.05) is 77.8 Å². The summed E-state index contributed by atoms with van der Waals surface area (Å²) < 4.78 is 2.27. The molecular weight excluding hydrogens is 375 g/mol.